The molecule has 1 fully saturated rings. The molecule has 0 atom stereocenters. The third-order valence-corrected chi connectivity index (χ3v) is 4.45. The molecule has 0 saturated heterocycles. The van der Waals surface area contributed by atoms with E-state index in [4.69, 9.17) is 5.26 Å². The van der Waals surface area contributed by atoms with E-state index >= 15 is 0 Å². The van der Waals surface area contributed by atoms with E-state index in [1.165, 1.54) is 31.2 Å². The summed E-state index contributed by atoms with van der Waals surface area (Å²) >= 11 is 0. The summed E-state index contributed by atoms with van der Waals surface area (Å²) in [6.07, 6.45) is 5.54. The van der Waals surface area contributed by atoms with Gasteiger partial charge in [-0.25, -0.2) is 0 Å². The molecule has 1 saturated carbocycles. The lowest BCUT2D eigenvalue weighted by molar-refractivity contribution is 0.489. The predicted molar refractivity (Wildman–Crippen MR) is 95.4 cm³/mol. The molecule has 2 aromatic rings. The topological polar surface area (TPSA) is 60.5 Å². The molecule has 4 nitrogen and oxygen atoms in total. The largest absolute Gasteiger partial charge is 0.312 e. The summed E-state index contributed by atoms with van der Waals surface area (Å²) in [7, 11) is 0. The molecular weight excluding hydrogens is 296 g/mol. The Balaban J connectivity index is 1.49. The highest BCUT2D eigenvalue weighted by Gasteiger charge is 2.13. The zero-order valence-electron chi connectivity index (χ0n) is 13.8. The lowest BCUT2D eigenvalue weighted by Crippen LogP contribution is -2.20. The second-order valence-electron chi connectivity index (χ2n) is 6.31. The molecule has 0 spiro atoms. The van der Waals surface area contributed by atoms with Gasteiger partial charge < -0.3 is 5.32 Å². The molecule has 2 aromatic carbocycles. The molecule has 0 bridgehead atoms. The van der Waals surface area contributed by atoms with Gasteiger partial charge in [-0.05, 0) is 67.3 Å². The SMILES string of the molecule is N#Cc1ccc(N=Nc2ccc(CNCC3CCCC3)cc2)cc1. The van der Waals surface area contributed by atoms with Crippen LogP contribution in [0.1, 0.15) is 36.8 Å². The van der Waals surface area contributed by atoms with Crippen LogP contribution in [0.25, 0.3) is 0 Å². The summed E-state index contributed by atoms with van der Waals surface area (Å²) in [5, 5.41) is 20.8. The number of hydrogen-bond acceptors (Lipinski definition) is 4. The maximum atomic E-state index is 8.78. The molecule has 3 rings (SSSR count). The zero-order valence-corrected chi connectivity index (χ0v) is 13.8. The molecule has 1 aliphatic carbocycles. The molecule has 24 heavy (non-hydrogen) atoms. The second kappa shape index (κ2) is 8.37. The Bertz CT molecular complexity index is 705. The highest BCUT2D eigenvalue weighted by molar-refractivity contribution is 5.44. The molecular formula is C20H22N4. The van der Waals surface area contributed by atoms with Gasteiger partial charge in [0.15, 0.2) is 0 Å². The van der Waals surface area contributed by atoms with Crippen LogP contribution < -0.4 is 5.32 Å². The van der Waals surface area contributed by atoms with Crippen LogP contribution in [0.5, 0.6) is 0 Å². The van der Waals surface area contributed by atoms with Gasteiger partial charge in [0.1, 0.15) is 0 Å². The minimum atomic E-state index is 0.628. The van der Waals surface area contributed by atoms with E-state index in [1.54, 1.807) is 24.3 Å². The summed E-state index contributed by atoms with van der Waals surface area (Å²) in [6, 6.07) is 17.3. The Morgan fingerprint density at radius 2 is 1.50 bits per heavy atom. The molecule has 0 radical (unpaired) electrons. The summed E-state index contributed by atoms with van der Waals surface area (Å²) in [6.45, 7) is 2.03. The van der Waals surface area contributed by atoms with Crippen LogP contribution in [-0.2, 0) is 6.54 Å². The monoisotopic (exact) mass is 318 g/mol. The first-order valence-electron chi connectivity index (χ1n) is 8.55. The Morgan fingerprint density at radius 1 is 0.917 bits per heavy atom. The van der Waals surface area contributed by atoms with Crippen LogP contribution in [0.4, 0.5) is 11.4 Å². The van der Waals surface area contributed by atoms with Gasteiger partial charge in [-0.2, -0.15) is 15.5 Å². The Morgan fingerprint density at radius 3 is 2.08 bits per heavy atom. The number of nitriles is 1. The Kier molecular flexibility index (Phi) is 5.70. The number of benzene rings is 2. The summed E-state index contributed by atoms with van der Waals surface area (Å²) < 4.78 is 0. The smallest absolute Gasteiger partial charge is 0.0991 e. The molecule has 4 heteroatoms. The van der Waals surface area contributed by atoms with Crippen LogP contribution in [0.15, 0.2) is 58.8 Å². The van der Waals surface area contributed by atoms with Crippen LogP contribution in [-0.4, -0.2) is 6.54 Å². The Labute approximate surface area is 143 Å². The molecule has 1 N–H and O–H groups in total. The van der Waals surface area contributed by atoms with Gasteiger partial charge >= 0.3 is 0 Å². The van der Waals surface area contributed by atoms with E-state index in [0.29, 0.717) is 5.56 Å². The molecule has 1 aliphatic rings. The average molecular weight is 318 g/mol. The maximum absolute atomic E-state index is 8.78. The van der Waals surface area contributed by atoms with Crippen molar-refractivity contribution in [2.24, 2.45) is 16.1 Å². The second-order valence-corrected chi connectivity index (χ2v) is 6.31. The summed E-state index contributed by atoms with van der Waals surface area (Å²) in [4.78, 5) is 0. The van der Waals surface area contributed by atoms with E-state index in [1.807, 2.05) is 12.1 Å². The third kappa shape index (κ3) is 4.74. The molecule has 0 amide bonds. The number of nitrogens with one attached hydrogen (secondary N) is 1. The van der Waals surface area contributed by atoms with E-state index in [-0.39, 0.29) is 0 Å². The molecule has 0 aliphatic heterocycles. The van der Waals surface area contributed by atoms with E-state index in [2.05, 4.69) is 33.7 Å². The van der Waals surface area contributed by atoms with Gasteiger partial charge in [0.2, 0.25) is 0 Å². The lowest BCUT2D eigenvalue weighted by Gasteiger charge is -2.10. The lowest BCUT2D eigenvalue weighted by atomic mass is 10.1. The highest BCUT2D eigenvalue weighted by Crippen LogP contribution is 2.24. The molecule has 0 aromatic heterocycles. The Hall–Kier alpha value is -2.51. The first-order chi connectivity index (χ1) is 11.8. The number of hydrogen-bond donors (Lipinski definition) is 1. The van der Waals surface area contributed by atoms with Gasteiger partial charge in [0, 0.05) is 6.54 Å². The maximum Gasteiger partial charge on any atom is 0.0991 e. The molecule has 122 valence electrons. The van der Waals surface area contributed by atoms with Crippen molar-refractivity contribution in [2.75, 3.05) is 6.54 Å². The number of rotatable bonds is 6. The highest BCUT2D eigenvalue weighted by atomic mass is 15.1. The van der Waals surface area contributed by atoms with Crippen molar-refractivity contribution < 1.29 is 0 Å². The fraction of sp³-hybridized carbons (Fsp3) is 0.350. The standard InChI is InChI=1S/C20H22N4/c21-13-16-5-9-19(10-6-16)23-24-20-11-7-18(8-12-20)15-22-14-17-3-1-2-4-17/h5-12,17,22H,1-4,14-15H2. The average Bonchev–Trinajstić information content (AvgIpc) is 3.15. The normalized spacial score (nSPS) is 15.0. The van der Waals surface area contributed by atoms with E-state index in [0.717, 1.165) is 30.4 Å². The summed E-state index contributed by atoms with van der Waals surface area (Å²) in [5.41, 5.74) is 3.48. The van der Waals surface area contributed by atoms with Crippen molar-refractivity contribution in [3.05, 3.63) is 59.7 Å². The van der Waals surface area contributed by atoms with Crippen LogP contribution in [0, 0.1) is 17.2 Å². The quantitative estimate of drug-likeness (QED) is 0.739. The van der Waals surface area contributed by atoms with Crippen LogP contribution in [0.2, 0.25) is 0 Å². The first kappa shape index (κ1) is 16.4. The fourth-order valence-electron chi connectivity index (χ4n) is 3.03. The predicted octanol–water partition coefficient (Wildman–Crippen LogP) is 5.25. The van der Waals surface area contributed by atoms with Crippen molar-refractivity contribution in [1.82, 2.24) is 5.32 Å². The minimum absolute atomic E-state index is 0.628. The third-order valence-electron chi connectivity index (χ3n) is 4.45. The number of azo groups is 1. The van der Waals surface area contributed by atoms with Gasteiger partial charge in [-0.15, -0.1) is 0 Å². The van der Waals surface area contributed by atoms with Crippen molar-refractivity contribution in [2.45, 2.75) is 32.2 Å². The van der Waals surface area contributed by atoms with E-state index in [9.17, 15) is 0 Å². The summed E-state index contributed by atoms with van der Waals surface area (Å²) in [5.74, 6) is 0.866. The van der Waals surface area contributed by atoms with Gasteiger partial charge in [-0.3, -0.25) is 0 Å². The first-order valence-corrected chi connectivity index (χ1v) is 8.55. The number of nitrogens with zero attached hydrogens (tertiary/aromatic N) is 3. The fourth-order valence-corrected chi connectivity index (χ4v) is 3.03. The zero-order chi connectivity index (χ0) is 16.6. The van der Waals surface area contributed by atoms with Gasteiger partial charge in [0.25, 0.3) is 0 Å². The molecule has 0 heterocycles. The van der Waals surface area contributed by atoms with Gasteiger partial charge in [0.05, 0.1) is 23.0 Å². The van der Waals surface area contributed by atoms with Crippen LogP contribution >= 0.6 is 0 Å². The van der Waals surface area contributed by atoms with Crippen molar-refractivity contribution >= 4 is 11.4 Å². The van der Waals surface area contributed by atoms with Crippen LogP contribution in [0.3, 0.4) is 0 Å². The van der Waals surface area contributed by atoms with Gasteiger partial charge in [-0.1, -0.05) is 25.0 Å². The molecule has 0 unspecified atom stereocenters. The van der Waals surface area contributed by atoms with Crippen molar-refractivity contribution in [3.63, 3.8) is 0 Å². The van der Waals surface area contributed by atoms with Crippen molar-refractivity contribution in [1.29, 1.82) is 5.26 Å². The van der Waals surface area contributed by atoms with E-state index < -0.39 is 0 Å². The van der Waals surface area contributed by atoms with Crippen molar-refractivity contribution in [3.8, 4) is 6.07 Å². The minimum Gasteiger partial charge on any atom is -0.312 e.